The maximum Gasteiger partial charge on any atom is 0.222 e. The van der Waals surface area contributed by atoms with Crippen molar-refractivity contribution >= 4 is 5.91 Å². The van der Waals surface area contributed by atoms with Crippen molar-refractivity contribution < 1.29 is 9.90 Å². The molecular weight excluding hydrogens is 576 g/mol. The zero-order valence-corrected chi connectivity index (χ0v) is 32.6. The summed E-state index contributed by atoms with van der Waals surface area (Å²) < 4.78 is 0. The van der Waals surface area contributed by atoms with Gasteiger partial charge in [-0.05, 0) is 64.0 Å². The number of hydrogen-bond acceptors (Lipinski definition) is 3. The molecule has 2 atom stereocenters. The predicted molar refractivity (Wildman–Crippen MR) is 207 cm³/mol. The third-order valence-corrected chi connectivity index (χ3v) is 11.0. The molecule has 280 valence electrons. The van der Waals surface area contributed by atoms with E-state index in [4.69, 9.17) is 0 Å². The van der Waals surface area contributed by atoms with Gasteiger partial charge in [0.2, 0.25) is 5.91 Å². The molecule has 1 aliphatic rings. The van der Waals surface area contributed by atoms with Gasteiger partial charge in [-0.2, -0.15) is 0 Å². The number of rotatable bonds is 35. The molecule has 1 aliphatic carbocycles. The first-order valence-electron chi connectivity index (χ1n) is 21.8. The van der Waals surface area contributed by atoms with Crippen molar-refractivity contribution in [1.82, 2.24) is 9.80 Å². The minimum Gasteiger partial charge on any atom is -0.393 e. The van der Waals surface area contributed by atoms with Gasteiger partial charge >= 0.3 is 0 Å². The summed E-state index contributed by atoms with van der Waals surface area (Å²) in [5.74, 6) is 0.904. The highest BCUT2D eigenvalue weighted by atomic mass is 16.3. The monoisotopic (exact) mass is 663 g/mol. The minimum atomic E-state index is -0.0843. The van der Waals surface area contributed by atoms with E-state index >= 15 is 0 Å². The van der Waals surface area contributed by atoms with Crippen LogP contribution < -0.4 is 0 Å². The van der Waals surface area contributed by atoms with E-state index in [2.05, 4.69) is 30.6 Å². The molecule has 0 spiro atoms. The molecule has 0 aromatic rings. The molecule has 0 radical (unpaired) electrons. The Bertz CT molecular complexity index is 636. The van der Waals surface area contributed by atoms with Crippen LogP contribution in [0.5, 0.6) is 0 Å². The van der Waals surface area contributed by atoms with Crippen LogP contribution in [0.2, 0.25) is 0 Å². The van der Waals surface area contributed by atoms with Crippen LogP contribution in [0.3, 0.4) is 0 Å². The standard InChI is InChI=1S/C43H86N2O2/c1-4-7-10-13-16-18-24-31-38-45(39-32-25-19-17-14-11-8-5-2)43(47)35-26-21-20-23-30-37-44(36-29-22-15-12-9-6-3)40-41-33-27-28-34-42(41)46/h41-42,46H,4-40H2,1-3H3. The summed E-state index contributed by atoms with van der Waals surface area (Å²) in [7, 11) is 0. The van der Waals surface area contributed by atoms with Crippen LogP contribution in [0.4, 0.5) is 0 Å². The zero-order valence-electron chi connectivity index (χ0n) is 32.6. The summed E-state index contributed by atoms with van der Waals surface area (Å²) in [5, 5.41) is 10.6. The number of carbonyl (C=O) groups excluding carboxylic acids is 1. The summed E-state index contributed by atoms with van der Waals surface area (Å²) in [5.41, 5.74) is 0. The van der Waals surface area contributed by atoms with Gasteiger partial charge in [0.15, 0.2) is 0 Å². The molecule has 0 aromatic carbocycles. The van der Waals surface area contributed by atoms with Gasteiger partial charge in [-0.15, -0.1) is 0 Å². The maximum absolute atomic E-state index is 13.3. The van der Waals surface area contributed by atoms with Crippen molar-refractivity contribution in [1.29, 1.82) is 0 Å². The third kappa shape index (κ3) is 26.9. The van der Waals surface area contributed by atoms with Gasteiger partial charge < -0.3 is 14.9 Å². The first-order valence-corrected chi connectivity index (χ1v) is 21.8. The number of carbonyl (C=O) groups is 1. The van der Waals surface area contributed by atoms with E-state index < -0.39 is 0 Å². The fourth-order valence-electron chi connectivity index (χ4n) is 7.68. The van der Waals surface area contributed by atoms with Crippen LogP contribution in [0.25, 0.3) is 0 Å². The van der Waals surface area contributed by atoms with Gasteiger partial charge in [0.1, 0.15) is 0 Å². The summed E-state index contributed by atoms with van der Waals surface area (Å²) in [6.45, 7) is 12.3. The Balaban J connectivity index is 2.34. The van der Waals surface area contributed by atoms with Crippen LogP contribution in [-0.4, -0.2) is 59.6 Å². The van der Waals surface area contributed by atoms with E-state index in [1.54, 1.807) is 0 Å². The molecule has 0 heterocycles. The van der Waals surface area contributed by atoms with E-state index in [0.717, 1.165) is 38.9 Å². The molecule has 0 bridgehead atoms. The summed E-state index contributed by atoms with van der Waals surface area (Å²) >= 11 is 0. The second kappa shape index (κ2) is 33.9. The molecule has 1 fully saturated rings. The number of amides is 1. The quantitative estimate of drug-likeness (QED) is 0.0687. The second-order valence-corrected chi connectivity index (χ2v) is 15.5. The van der Waals surface area contributed by atoms with Crippen molar-refractivity contribution in [3.8, 4) is 0 Å². The topological polar surface area (TPSA) is 43.8 Å². The van der Waals surface area contributed by atoms with Gasteiger partial charge in [0, 0.05) is 26.1 Å². The Morgan fingerprint density at radius 3 is 1.28 bits per heavy atom. The SMILES string of the molecule is CCCCCCCCCCN(CCCCCCCCCC)C(=O)CCCCCCCN(CCCCCCCC)CC1CCCCC1O. The normalized spacial score (nSPS) is 16.7. The fraction of sp³-hybridized carbons (Fsp3) is 0.977. The average Bonchev–Trinajstić information content (AvgIpc) is 3.07. The molecule has 0 aliphatic heterocycles. The summed E-state index contributed by atoms with van der Waals surface area (Å²) in [6.07, 6.45) is 40.8. The smallest absolute Gasteiger partial charge is 0.222 e. The zero-order chi connectivity index (χ0) is 34.0. The van der Waals surface area contributed by atoms with Gasteiger partial charge in [-0.1, -0.05) is 175 Å². The molecule has 47 heavy (non-hydrogen) atoms. The summed E-state index contributed by atoms with van der Waals surface area (Å²) in [4.78, 5) is 18.2. The number of aliphatic hydroxyl groups excluding tert-OH is 1. The molecule has 4 heteroatoms. The van der Waals surface area contributed by atoms with Gasteiger partial charge in [0.05, 0.1) is 6.10 Å². The largest absolute Gasteiger partial charge is 0.393 e. The van der Waals surface area contributed by atoms with Gasteiger partial charge in [-0.25, -0.2) is 0 Å². The first-order chi connectivity index (χ1) is 23.1. The predicted octanol–water partition coefficient (Wildman–Crippen LogP) is 12.7. The van der Waals surface area contributed by atoms with Gasteiger partial charge in [0.25, 0.3) is 0 Å². The van der Waals surface area contributed by atoms with E-state index in [1.807, 2.05) is 0 Å². The van der Waals surface area contributed by atoms with E-state index in [0.29, 0.717) is 11.8 Å². The number of nitrogens with zero attached hydrogens (tertiary/aromatic N) is 2. The molecule has 4 nitrogen and oxygen atoms in total. The lowest BCUT2D eigenvalue weighted by Crippen LogP contribution is -2.38. The Morgan fingerprint density at radius 1 is 0.489 bits per heavy atom. The Kier molecular flexibility index (Phi) is 32.0. The fourth-order valence-corrected chi connectivity index (χ4v) is 7.68. The third-order valence-electron chi connectivity index (χ3n) is 11.0. The van der Waals surface area contributed by atoms with E-state index in [1.165, 1.54) is 199 Å². The average molecular weight is 663 g/mol. The number of hydrogen-bond donors (Lipinski definition) is 1. The molecule has 1 amide bonds. The van der Waals surface area contributed by atoms with Crippen molar-refractivity contribution in [2.75, 3.05) is 32.7 Å². The molecule has 1 saturated carbocycles. The molecule has 0 saturated heterocycles. The van der Waals surface area contributed by atoms with Crippen LogP contribution >= 0.6 is 0 Å². The Hall–Kier alpha value is -0.610. The van der Waals surface area contributed by atoms with E-state index in [-0.39, 0.29) is 6.10 Å². The van der Waals surface area contributed by atoms with Crippen LogP contribution in [0.15, 0.2) is 0 Å². The highest BCUT2D eigenvalue weighted by molar-refractivity contribution is 5.76. The second-order valence-electron chi connectivity index (χ2n) is 15.5. The Morgan fingerprint density at radius 2 is 0.851 bits per heavy atom. The number of unbranched alkanes of at least 4 members (excludes halogenated alkanes) is 23. The van der Waals surface area contributed by atoms with Crippen LogP contribution in [0, 0.1) is 5.92 Å². The summed E-state index contributed by atoms with van der Waals surface area (Å²) in [6, 6.07) is 0. The first kappa shape index (κ1) is 44.4. The van der Waals surface area contributed by atoms with Crippen LogP contribution in [0.1, 0.15) is 226 Å². The molecule has 2 unspecified atom stereocenters. The molecule has 1 rings (SSSR count). The maximum atomic E-state index is 13.3. The molecule has 1 N–H and O–H groups in total. The minimum absolute atomic E-state index is 0.0843. The van der Waals surface area contributed by atoms with Crippen molar-refractivity contribution in [2.24, 2.45) is 5.92 Å². The highest BCUT2D eigenvalue weighted by Crippen LogP contribution is 2.25. The van der Waals surface area contributed by atoms with Crippen molar-refractivity contribution in [3.05, 3.63) is 0 Å². The Labute approximate surface area is 296 Å². The van der Waals surface area contributed by atoms with E-state index in [9.17, 15) is 9.90 Å². The van der Waals surface area contributed by atoms with Crippen molar-refractivity contribution in [3.63, 3.8) is 0 Å². The van der Waals surface area contributed by atoms with Crippen molar-refractivity contribution in [2.45, 2.75) is 232 Å². The van der Waals surface area contributed by atoms with Crippen LogP contribution in [-0.2, 0) is 4.79 Å². The lowest BCUT2D eigenvalue weighted by molar-refractivity contribution is -0.131. The molecular formula is C43H86N2O2. The lowest BCUT2D eigenvalue weighted by atomic mass is 9.86. The lowest BCUT2D eigenvalue weighted by Gasteiger charge is -2.33. The highest BCUT2D eigenvalue weighted by Gasteiger charge is 2.25. The molecule has 0 aromatic heterocycles. The van der Waals surface area contributed by atoms with Gasteiger partial charge in [-0.3, -0.25) is 4.79 Å². The number of aliphatic hydroxyl groups is 1.